The lowest BCUT2D eigenvalue weighted by atomic mass is 10.1. The molecule has 8 heteroatoms. The van der Waals surface area contributed by atoms with Crippen molar-refractivity contribution in [3.05, 3.63) is 35.1 Å². The van der Waals surface area contributed by atoms with E-state index in [4.69, 9.17) is 0 Å². The van der Waals surface area contributed by atoms with Gasteiger partial charge in [0.2, 0.25) is 15.9 Å². The molecule has 0 spiro atoms. The van der Waals surface area contributed by atoms with Crippen LogP contribution < -0.4 is 0 Å². The third kappa shape index (κ3) is 4.31. The van der Waals surface area contributed by atoms with E-state index in [0.717, 1.165) is 4.31 Å². The number of carbonyl (C=O) groups is 1. The van der Waals surface area contributed by atoms with E-state index >= 15 is 0 Å². The summed E-state index contributed by atoms with van der Waals surface area (Å²) in [5.74, 6) is -1.33. The van der Waals surface area contributed by atoms with Gasteiger partial charge in [-0.15, -0.1) is 0 Å². The molecule has 134 valence electrons. The van der Waals surface area contributed by atoms with Gasteiger partial charge >= 0.3 is 0 Å². The molecule has 6 nitrogen and oxygen atoms in total. The summed E-state index contributed by atoms with van der Waals surface area (Å²) < 4.78 is 38.5. The van der Waals surface area contributed by atoms with Crippen molar-refractivity contribution in [2.45, 2.75) is 19.4 Å². The zero-order valence-corrected chi connectivity index (χ0v) is 14.9. The number of aryl methyl sites for hydroxylation is 1. The van der Waals surface area contributed by atoms with Crippen molar-refractivity contribution in [1.82, 2.24) is 9.21 Å². The van der Waals surface area contributed by atoms with Crippen LogP contribution in [0.15, 0.2) is 18.2 Å². The number of carbonyl (C=O) groups excluding carboxylic acids is 1. The van der Waals surface area contributed by atoms with Crippen molar-refractivity contribution < 1.29 is 22.7 Å². The van der Waals surface area contributed by atoms with Gasteiger partial charge in [0.15, 0.2) is 0 Å². The number of halogens is 1. The molecule has 0 radical (unpaired) electrons. The van der Waals surface area contributed by atoms with Gasteiger partial charge in [0, 0.05) is 33.1 Å². The molecule has 1 aliphatic heterocycles. The van der Waals surface area contributed by atoms with E-state index in [9.17, 15) is 22.7 Å². The highest BCUT2D eigenvalue weighted by Gasteiger charge is 2.37. The molecule has 1 heterocycles. The lowest BCUT2D eigenvalue weighted by molar-refractivity contribution is -0.129. The van der Waals surface area contributed by atoms with Gasteiger partial charge in [-0.05, 0) is 24.1 Å². The first-order valence-electron chi connectivity index (χ1n) is 7.71. The van der Waals surface area contributed by atoms with E-state index < -0.39 is 22.0 Å². The summed E-state index contributed by atoms with van der Waals surface area (Å²) in [4.78, 5) is 13.8. The summed E-state index contributed by atoms with van der Waals surface area (Å²) in [6.45, 7) is 1.93. The molecule has 0 bridgehead atoms. The summed E-state index contributed by atoms with van der Waals surface area (Å²) in [5.41, 5.74) is 1.07. The lowest BCUT2D eigenvalue weighted by Gasteiger charge is -2.18. The normalized spacial score (nSPS) is 21.5. The number of nitrogens with zero attached hydrogens (tertiary/aromatic N) is 2. The van der Waals surface area contributed by atoms with Gasteiger partial charge in [0.1, 0.15) is 5.82 Å². The number of sulfonamides is 1. The minimum absolute atomic E-state index is 0.0249. The molecule has 0 aliphatic carbocycles. The van der Waals surface area contributed by atoms with Crippen molar-refractivity contribution in [2.24, 2.45) is 5.92 Å². The summed E-state index contributed by atoms with van der Waals surface area (Å²) in [6.07, 6.45) is -0.852. The molecule has 1 aromatic rings. The number of hydrogen-bond acceptors (Lipinski definition) is 4. The molecule has 0 unspecified atom stereocenters. The molecule has 1 N–H and O–H groups in total. The first-order valence-corrected chi connectivity index (χ1v) is 9.32. The van der Waals surface area contributed by atoms with Gasteiger partial charge in [-0.2, -0.15) is 0 Å². The Hall–Kier alpha value is -1.51. The van der Waals surface area contributed by atoms with Gasteiger partial charge < -0.3 is 10.0 Å². The van der Waals surface area contributed by atoms with Crippen molar-refractivity contribution in [3.63, 3.8) is 0 Å². The standard InChI is InChI=1S/C16H23FN2O4S/c1-11-4-5-12(6-14(11)17)7-16(21)19-8-13(15(20)9-19)10-24(22,23)18(2)3/h4-6,13,15,20H,7-10H2,1-3H3/t13-,15+/m0/s1. The van der Waals surface area contributed by atoms with Crippen molar-refractivity contribution in [1.29, 1.82) is 0 Å². The Balaban J connectivity index is 2.00. The maximum absolute atomic E-state index is 13.6. The molecule has 1 aromatic carbocycles. The molecule has 1 fully saturated rings. The Morgan fingerprint density at radius 3 is 2.62 bits per heavy atom. The Kier molecular flexibility index (Phi) is 5.62. The largest absolute Gasteiger partial charge is 0.391 e. The van der Waals surface area contributed by atoms with E-state index in [1.807, 2.05) is 0 Å². The predicted octanol–water partition coefficient (Wildman–Crippen LogP) is 0.387. The first kappa shape index (κ1) is 18.8. The van der Waals surface area contributed by atoms with E-state index in [-0.39, 0.29) is 37.0 Å². The Bertz CT molecular complexity index is 721. The molecule has 24 heavy (non-hydrogen) atoms. The van der Waals surface area contributed by atoms with Crippen molar-refractivity contribution >= 4 is 15.9 Å². The number of hydrogen-bond donors (Lipinski definition) is 1. The highest BCUT2D eigenvalue weighted by Crippen LogP contribution is 2.21. The zero-order chi connectivity index (χ0) is 18.1. The molecular formula is C16H23FN2O4S. The number of amides is 1. The second-order valence-electron chi connectivity index (χ2n) is 6.45. The summed E-state index contributed by atoms with van der Waals surface area (Å²) in [6, 6.07) is 4.63. The summed E-state index contributed by atoms with van der Waals surface area (Å²) in [7, 11) is -0.575. The third-order valence-electron chi connectivity index (χ3n) is 4.33. The predicted molar refractivity (Wildman–Crippen MR) is 88.4 cm³/mol. The third-order valence-corrected chi connectivity index (χ3v) is 6.29. The highest BCUT2D eigenvalue weighted by atomic mass is 32.2. The zero-order valence-electron chi connectivity index (χ0n) is 14.1. The smallest absolute Gasteiger partial charge is 0.227 e. The molecular weight excluding hydrogens is 335 g/mol. The van der Waals surface area contributed by atoms with E-state index in [2.05, 4.69) is 0 Å². The number of rotatable bonds is 5. The number of benzene rings is 1. The molecule has 2 atom stereocenters. The monoisotopic (exact) mass is 358 g/mol. The van der Waals surface area contributed by atoms with E-state index in [1.165, 1.54) is 25.1 Å². The number of aliphatic hydroxyl groups excluding tert-OH is 1. The SMILES string of the molecule is Cc1ccc(CC(=O)N2C[C@@H](CS(=O)(=O)N(C)C)[C@H](O)C2)cc1F. The lowest BCUT2D eigenvalue weighted by Crippen LogP contribution is -2.34. The van der Waals surface area contributed by atoms with E-state index in [1.54, 1.807) is 19.1 Å². The van der Waals surface area contributed by atoms with Gasteiger partial charge in [-0.3, -0.25) is 4.79 Å². The number of β-amino-alcohol motifs (C(OH)–C–C–N with tert-alkyl or cyclic N) is 1. The Labute approximate surface area is 141 Å². The number of likely N-dealkylation sites (tertiary alicyclic amines) is 1. The molecule has 2 rings (SSSR count). The van der Waals surface area contributed by atoms with Crippen LogP contribution in [0.1, 0.15) is 11.1 Å². The van der Waals surface area contributed by atoms with Gasteiger partial charge in [-0.1, -0.05) is 12.1 Å². The average molecular weight is 358 g/mol. The van der Waals surface area contributed by atoms with Gasteiger partial charge in [-0.25, -0.2) is 17.1 Å². The fraction of sp³-hybridized carbons (Fsp3) is 0.562. The average Bonchev–Trinajstić information content (AvgIpc) is 2.83. The van der Waals surface area contributed by atoms with Crippen LogP contribution in [0.25, 0.3) is 0 Å². The van der Waals surface area contributed by atoms with E-state index in [0.29, 0.717) is 11.1 Å². The van der Waals surface area contributed by atoms with Crippen LogP contribution in [0.5, 0.6) is 0 Å². The second-order valence-corrected chi connectivity index (χ2v) is 8.67. The van der Waals surface area contributed by atoms with Crippen LogP contribution in [-0.2, 0) is 21.2 Å². The van der Waals surface area contributed by atoms with Crippen LogP contribution >= 0.6 is 0 Å². The highest BCUT2D eigenvalue weighted by molar-refractivity contribution is 7.89. The van der Waals surface area contributed by atoms with Crippen molar-refractivity contribution in [2.75, 3.05) is 32.9 Å². The maximum atomic E-state index is 13.6. The maximum Gasteiger partial charge on any atom is 0.227 e. The fourth-order valence-electron chi connectivity index (χ4n) is 2.67. The molecule has 1 aliphatic rings. The Morgan fingerprint density at radius 1 is 1.38 bits per heavy atom. The molecule has 1 amide bonds. The van der Waals surface area contributed by atoms with Gasteiger partial charge in [0.25, 0.3) is 0 Å². The quantitative estimate of drug-likeness (QED) is 0.826. The topological polar surface area (TPSA) is 77.9 Å². The first-order chi connectivity index (χ1) is 11.1. The van der Waals surface area contributed by atoms with Crippen LogP contribution in [0.2, 0.25) is 0 Å². The Morgan fingerprint density at radius 2 is 2.04 bits per heavy atom. The van der Waals surface area contributed by atoms with Crippen LogP contribution in [-0.4, -0.2) is 67.7 Å². The second kappa shape index (κ2) is 7.16. The fourth-order valence-corrected chi connectivity index (χ4v) is 3.84. The molecule has 0 aromatic heterocycles. The van der Waals surface area contributed by atoms with Crippen LogP contribution in [0.4, 0.5) is 4.39 Å². The minimum atomic E-state index is -3.45. The summed E-state index contributed by atoms with van der Waals surface area (Å²) in [5, 5.41) is 10.1. The number of aliphatic hydroxyl groups is 1. The molecule has 0 saturated carbocycles. The van der Waals surface area contributed by atoms with Crippen molar-refractivity contribution in [3.8, 4) is 0 Å². The molecule has 1 saturated heterocycles. The van der Waals surface area contributed by atoms with Crippen LogP contribution in [0.3, 0.4) is 0 Å². The minimum Gasteiger partial charge on any atom is -0.391 e. The van der Waals surface area contributed by atoms with Crippen LogP contribution in [0, 0.1) is 18.7 Å². The summed E-state index contributed by atoms with van der Waals surface area (Å²) >= 11 is 0. The van der Waals surface area contributed by atoms with Gasteiger partial charge in [0.05, 0.1) is 18.3 Å².